The summed E-state index contributed by atoms with van der Waals surface area (Å²) in [5.41, 5.74) is 1.63. The van der Waals surface area contributed by atoms with Crippen molar-refractivity contribution in [2.24, 2.45) is 0 Å². The van der Waals surface area contributed by atoms with E-state index in [0.717, 1.165) is 36.1 Å². The van der Waals surface area contributed by atoms with Crippen LogP contribution in [-0.4, -0.2) is 24.3 Å². The molecule has 5 nitrogen and oxygen atoms in total. The van der Waals surface area contributed by atoms with E-state index in [-0.39, 0.29) is 11.7 Å². The maximum Gasteiger partial charge on any atom is 0.341 e. The number of carbonyl (C=O) groups excluding carboxylic acids is 3. The molecule has 1 aliphatic rings. The van der Waals surface area contributed by atoms with Crippen LogP contribution >= 0.6 is 22.9 Å². The molecule has 1 aromatic carbocycles. The van der Waals surface area contributed by atoms with Crippen LogP contribution in [0.2, 0.25) is 5.02 Å². The number of rotatable bonds is 5. The molecule has 0 unspecified atom stereocenters. The monoisotopic (exact) mass is 391 g/mol. The summed E-state index contributed by atoms with van der Waals surface area (Å²) in [5, 5.41) is 3.53. The number of halogens is 1. The Morgan fingerprint density at radius 1 is 1.19 bits per heavy atom. The number of hydrogen-bond donors (Lipinski definition) is 1. The van der Waals surface area contributed by atoms with Crippen LogP contribution in [-0.2, 0) is 22.4 Å². The minimum atomic E-state index is -0.589. The largest absolute Gasteiger partial charge is 0.454 e. The molecule has 7 heteroatoms. The van der Waals surface area contributed by atoms with Gasteiger partial charge in [0.25, 0.3) is 0 Å². The van der Waals surface area contributed by atoms with E-state index in [4.69, 9.17) is 16.3 Å². The Kier molecular flexibility index (Phi) is 5.74. The molecule has 0 radical (unpaired) electrons. The third kappa shape index (κ3) is 3.97. The van der Waals surface area contributed by atoms with Crippen molar-refractivity contribution in [3.8, 4) is 0 Å². The van der Waals surface area contributed by atoms with Gasteiger partial charge in [-0.15, -0.1) is 11.3 Å². The maximum absolute atomic E-state index is 12.6. The van der Waals surface area contributed by atoms with E-state index in [1.165, 1.54) is 18.3 Å². The first-order chi connectivity index (χ1) is 12.5. The molecule has 3 rings (SSSR count). The van der Waals surface area contributed by atoms with Crippen molar-refractivity contribution in [3.63, 3.8) is 0 Å². The predicted octanol–water partition coefficient (Wildman–Crippen LogP) is 4.28. The Hall–Kier alpha value is -2.18. The highest BCUT2D eigenvalue weighted by molar-refractivity contribution is 7.17. The third-order valence-electron chi connectivity index (χ3n) is 4.17. The summed E-state index contributed by atoms with van der Waals surface area (Å²) in [5.74, 6) is -1.20. The van der Waals surface area contributed by atoms with Gasteiger partial charge in [0, 0.05) is 17.4 Å². The zero-order valence-corrected chi connectivity index (χ0v) is 15.8. The lowest BCUT2D eigenvalue weighted by atomic mass is 9.95. The minimum Gasteiger partial charge on any atom is -0.454 e. The van der Waals surface area contributed by atoms with E-state index < -0.39 is 12.6 Å². The molecule has 0 saturated heterocycles. The van der Waals surface area contributed by atoms with Gasteiger partial charge in [-0.05, 0) is 43.4 Å². The van der Waals surface area contributed by atoms with Gasteiger partial charge < -0.3 is 10.1 Å². The average molecular weight is 392 g/mol. The Morgan fingerprint density at radius 3 is 2.65 bits per heavy atom. The Morgan fingerprint density at radius 2 is 1.92 bits per heavy atom. The molecule has 136 valence electrons. The van der Waals surface area contributed by atoms with Crippen LogP contribution in [0, 0.1) is 0 Å². The number of hydrogen-bond acceptors (Lipinski definition) is 5. The van der Waals surface area contributed by atoms with E-state index in [1.54, 1.807) is 24.3 Å². The van der Waals surface area contributed by atoms with Gasteiger partial charge in [-0.25, -0.2) is 4.79 Å². The summed E-state index contributed by atoms with van der Waals surface area (Å²) < 4.78 is 5.25. The zero-order chi connectivity index (χ0) is 18.7. The summed E-state index contributed by atoms with van der Waals surface area (Å²) in [6.45, 7) is 1.00. The number of ether oxygens (including phenoxy) is 1. The summed E-state index contributed by atoms with van der Waals surface area (Å²) in [4.78, 5) is 37.5. The summed E-state index contributed by atoms with van der Waals surface area (Å²) in [6.07, 6.45) is 3.71. The van der Waals surface area contributed by atoms with Gasteiger partial charge in [0.15, 0.2) is 6.61 Å². The van der Waals surface area contributed by atoms with Gasteiger partial charge in [0.05, 0.1) is 10.6 Å². The molecule has 0 spiro atoms. The minimum absolute atomic E-state index is 0.246. The SMILES string of the molecule is CC(=O)Nc1sc2c(c1C(=O)OCC(=O)c1ccccc1Cl)CCCC2. The van der Waals surface area contributed by atoms with Crippen molar-refractivity contribution in [2.75, 3.05) is 11.9 Å². The number of carbonyl (C=O) groups is 3. The van der Waals surface area contributed by atoms with Crippen LogP contribution in [0.3, 0.4) is 0 Å². The van der Waals surface area contributed by atoms with E-state index in [1.807, 2.05) is 0 Å². The van der Waals surface area contributed by atoms with Crippen molar-refractivity contribution in [1.29, 1.82) is 0 Å². The number of esters is 1. The number of benzene rings is 1. The Bertz CT molecular complexity index is 874. The number of fused-ring (bicyclic) bond motifs is 1. The first-order valence-corrected chi connectivity index (χ1v) is 9.53. The van der Waals surface area contributed by atoms with Gasteiger partial charge in [0.2, 0.25) is 11.7 Å². The lowest BCUT2D eigenvalue weighted by molar-refractivity contribution is -0.114. The normalized spacial score (nSPS) is 13.0. The average Bonchev–Trinajstić information content (AvgIpc) is 2.96. The number of nitrogens with one attached hydrogen (secondary N) is 1. The van der Waals surface area contributed by atoms with Crippen LogP contribution in [0.1, 0.15) is 50.9 Å². The molecule has 0 atom stereocenters. The maximum atomic E-state index is 12.6. The van der Waals surface area contributed by atoms with Crippen molar-refractivity contribution < 1.29 is 19.1 Å². The molecule has 2 aromatic rings. The van der Waals surface area contributed by atoms with Crippen LogP contribution in [0.25, 0.3) is 0 Å². The molecule has 0 bridgehead atoms. The molecule has 0 fully saturated rings. The molecule has 1 aliphatic carbocycles. The highest BCUT2D eigenvalue weighted by Crippen LogP contribution is 2.38. The first-order valence-electron chi connectivity index (χ1n) is 8.34. The Balaban J connectivity index is 1.79. The topological polar surface area (TPSA) is 72.5 Å². The standard InChI is InChI=1S/C19H18ClNO4S/c1-11(22)21-18-17(13-7-3-5-9-16(13)26-18)19(24)25-10-15(23)12-6-2-4-8-14(12)20/h2,4,6,8H,3,5,7,9-10H2,1H3,(H,21,22). The zero-order valence-electron chi connectivity index (χ0n) is 14.3. The van der Waals surface area contributed by atoms with Gasteiger partial charge in [-0.2, -0.15) is 0 Å². The van der Waals surface area contributed by atoms with E-state index in [0.29, 0.717) is 21.2 Å². The fraction of sp³-hybridized carbons (Fsp3) is 0.316. The van der Waals surface area contributed by atoms with Gasteiger partial charge in [-0.3, -0.25) is 9.59 Å². The fourth-order valence-corrected chi connectivity index (χ4v) is 4.56. The Labute approximate surface area is 160 Å². The van der Waals surface area contributed by atoms with E-state index >= 15 is 0 Å². The highest BCUT2D eigenvalue weighted by atomic mass is 35.5. The molecule has 0 saturated carbocycles. The molecule has 1 heterocycles. The first kappa shape index (κ1) is 18.6. The number of amides is 1. The molecule has 1 N–H and O–H groups in total. The molecule has 0 aliphatic heterocycles. The number of ketones is 1. The summed E-state index contributed by atoms with van der Waals surface area (Å²) in [6, 6.07) is 6.63. The second-order valence-corrected chi connectivity index (χ2v) is 7.59. The molecular weight excluding hydrogens is 374 g/mol. The van der Waals surface area contributed by atoms with Crippen LogP contribution in [0.15, 0.2) is 24.3 Å². The summed E-state index contributed by atoms with van der Waals surface area (Å²) in [7, 11) is 0. The summed E-state index contributed by atoms with van der Waals surface area (Å²) >= 11 is 7.42. The van der Waals surface area contributed by atoms with E-state index in [9.17, 15) is 14.4 Å². The number of Topliss-reactive ketones (excluding diaryl/α,β-unsaturated/α-hetero) is 1. The number of thiophene rings is 1. The second kappa shape index (κ2) is 8.01. The molecule has 26 heavy (non-hydrogen) atoms. The van der Waals surface area contributed by atoms with Gasteiger partial charge in [-0.1, -0.05) is 23.7 Å². The van der Waals surface area contributed by atoms with Crippen LogP contribution in [0.4, 0.5) is 5.00 Å². The van der Waals surface area contributed by atoms with Crippen molar-refractivity contribution in [1.82, 2.24) is 0 Å². The molecular formula is C19H18ClNO4S. The number of aryl methyl sites for hydroxylation is 1. The lowest BCUT2D eigenvalue weighted by Gasteiger charge is -2.12. The van der Waals surface area contributed by atoms with Crippen LogP contribution < -0.4 is 5.32 Å². The van der Waals surface area contributed by atoms with Crippen molar-refractivity contribution >= 4 is 45.6 Å². The third-order valence-corrected chi connectivity index (χ3v) is 5.71. The number of anilines is 1. The van der Waals surface area contributed by atoms with Crippen molar-refractivity contribution in [2.45, 2.75) is 32.6 Å². The molecule has 1 aromatic heterocycles. The fourth-order valence-electron chi connectivity index (χ4n) is 3.00. The smallest absolute Gasteiger partial charge is 0.341 e. The lowest BCUT2D eigenvalue weighted by Crippen LogP contribution is -2.17. The van der Waals surface area contributed by atoms with Crippen molar-refractivity contribution in [3.05, 3.63) is 50.9 Å². The highest BCUT2D eigenvalue weighted by Gasteiger charge is 2.27. The van der Waals surface area contributed by atoms with Crippen LogP contribution in [0.5, 0.6) is 0 Å². The predicted molar refractivity (Wildman–Crippen MR) is 101 cm³/mol. The van der Waals surface area contributed by atoms with Gasteiger partial charge in [0.1, 0.15) is 5.00 Å². The van der Waals surface area contributed by atoms with Gasteiger partial charge >= 0.3 is 5.97 Å². The quantitative estimate of drug-likeness (QED) is 0.610. The second-order valence-electron chi connectivity index (χ2n) is 6.08. The van der Waals surface area contributed by atoms with E-state index in [2.05, 4.69) is 5.32 Å². The molecule has 1 amide bonds.